The Morgan fingerprint density at radius 3 is 2.38 bits per heavy atom. The van der Waals surface area contributed by atoms with Gasteiger partial charge in [-0.1, -0.05) is 11.6 Å². The van der Waals surface area contributed by atoms with Gasteiger partial charge in [-0.15, -0.1) is 0 Å². The summed E-state index contributed by atoms with van der Waals surface area (Å²) in [7, 11) is 0. The van der Waals surface area contributed by atoms with Gasteiger partial charge in [-0.05, 0) is 6.07 Å². The molecule has 4 nitrogen and oxygen atoms in total. The summed E-state index contributed by atoms with van der Waals surface area (Å²) in [5.74, 6) is 0. The van der Waals surface area contributed by atoms with Crippen LogP contribution in [0.4, 0.5) is 0 Å². The summed E-state index contributed by atoms with van der Waals surface area (Å²) in [4.78, 5) is 7.28. The molecule has 0 amide bonds. The molecule has 0 atom stereocenters. The molecule has 2 rings (SSSR count). The number of nitrogens with one attached hydrogen (secondary N) is 1. The molecule has 72 valence electrons. The third-order valence-corrected chi connectivity index (χ3v) is 1.62. The Labute approximate surface area is 82.3 Å². The minimum absolute atomic E-state index is 0.481. The van der Waals surface area contributed by atoms with Crippen LogP contribution in [-0.4, -0.2) is 36.3 Å². The number of morpholine rings is 1. The van der Waals surface area contributed by atoms with Crippen LogP contribution in [0, 0.1) is 0 Å². The van der Waals surface area contributed by atoms with Crippen LogP contribution >= 0.6 is 11.6 Å². The van der Waals surface area contributed by atoms with Crippen LogP contribution in [0.15, 0.2) is 18.6 Å². The lowest BCUT2D eigenvalue weighted by atomic mass is 10.5. The van der Waals surface area contributed by atoms with E-state index >= 15 is 0 Å². The first kappa shape index (κ1) is 10.4. The van der Waals surface area contributed by atoms with Crippen molar-refractivity contribution < 1.29 is 4.74 Å². The van der Waals surface area contributed by atoms with Gasteiger partial charge in [-0.3, -0.25) is 0 Å². The van der Waals surface area contributed by atoms with Crippen LogP contribution in [-0.2, 0) is 4.74 Å². The summed E-state index contributed by atoms with van der Waals surface area (Å²) in [6, 6.07) is 1.63. The third kappa shape index (κ3) is 5.52. The van der Waals surface area contributed by atoms with Crippen LogP contribution < -0.4 is 5.32 Å². The lowest BCUT2D eigenvalue weighted by molar-refractivity contribution is 0.109. The summed E-state index contributed by atoms with van der Waals surface area (Å²) < 4.78 is 5.01. The molecule has 1 aliphatic heterocycles. The Hall–Kier alpha value is -0.710. The van der Waals surface area contributed by atoms with Gasteiger partial charge >= 0.3 is 0 Å². The van der Waals surface area contributed by atoms with Gasteiger partial charge < -0.3 is 10.1 Å². The largest absolute Gasteiger partial charge is 0.379 e. The summed E-state index contributed by atoms with van der Waals surface area (Å²) in [6.45, 7) is 3.83. The van der Waals surface area contributed by atoms with Gasteiger partial charge in [-0.2, -0.15) is 0 Å². The van der Waals surface area contributed by atoms with Crippen LogP contribution in [0.5, 0.6) is 0 Å². The van der Waals surface area contributed by atoms with Gasteiger partial charge in [0.25, 0.3) is 0 Å². The highest BCUT2D eigenvalue weighted by molar-refractivity contribution is 6.29. The minimum atomic E-state index is 0.481. The second kappa shape index (κ2) is 6.77. The summed E-state index contributed by atoms with van der Waals surface area (Å²) in [5, 5.41) is 3.64. The number of aromatic nitrogens is 2. The Bertz CT molecular complexity index is 204. The van der Waals surface area contributed by atoms with Gasteiger partial charge in [0.1, 0.15) is 11.5 Å². The van der Waals surface area contributed by atoms with E-state index < -0.39 is 0 Å². The Balaban J connectivity index is 0.000000132. The van der Waals surface area contributed by atoms with Gasteiger partial charge in [0.15, 0.2) is 0 Å². The second-order valence-corrected chi connectivity index (χ2v) is 2.78. The maximum Gasteiger partial charge on any atom is 0.132 e. The maximum atomic E-state index is 5.39. The molecule has 2 heterocycles. The van der Waals surface area contributed by atoms with Crippen molar-refractivity contribution in [2.45, 2.75) is 0 Å². The molecule has 1 fully saturated rings. The molecule has 0 radical (unpaired) electrons. The van der Waals surface area contributed by atoms with Crippen molar-refractivity contribution in [3.05, 3.63) is 23.7 Å². The lowest BCUT2D eigenvalue weighted by Crippen LogP contribution is -2.30. The van der Waals surface area contributed by atoms with Gasteiger partial charge in [0.05, 0.1) is 13.2 Å². The number of rotatable bonds is 0. The van der Waals surface area contributed by atoms with E-state index in [-0.39, 0.29) is 0 Å². The summed E-state index contributed by atoms with van der Waals surface area (Å²) in [6.07, 6.45) is 3.00. The fourth-order valence-electron chi connectivity index (χ4n) is 0.790. The monoisotopic (exact) mass is 201 g/mol. The highest BCUT2D eigenvalue weighted by Crippen LogP contribution is 1.96. The van der Waals surface area contributed by atoms with Crippen LogP contribution in [0.25, 0.3) is 0 Å². The molecule has 13 heavy (non-hydrogen) atoms. The smallest absolute Gasteiger partial charge is 0.132 e. The zero-order chi connectivity index (χ0) is 9.36. The fraction of sp³-hybridized carbons (Fsp3) is 0.500. The molecule has 0 aliphatic carbocycles. The summed E-state index contributed by atoms with van der Waals surface area (Å²) in [5.41, 5.74) is 0. The second-order valence-electron chi connectivity index (χ2n) is 2.39. The average Bonchev–Trinajstić information content (AvgIpc) is 2.22. The zero-order valence-electron chi connectivity index (χ0n) is 7.24. The first-order chi connectivity index (χ1) is 6.39. The van der Waals surface area contributed by atoms with Crippen molar-refractivity contribution >= 4 is 11.6 Å². The number of ether oxygens (including phenoxy) is 1. The fourth-order valence-corrected chi connectivity index (χ4v) is 0.890. The molecule has 0 bridgehead atoms. The molecule has 1 saturated heterocycles. The highest BCUT2D eigenvalue weighted by atomic mass is 35.5. The van der Waals surface area contributed by atoms with Crippen LogP contribution in [0.1, 0.15) is 0 Å². The maximum absolute atomic E-state index is 5.39. The SMILES string of the molecule is C1COCCN1.Clc1ccncn1. The number of hydrogen-bond acceptors (Lipinski definition) is 4. The molecule has 0 saturated carbocycles. The molecule has 0 unspecified atom stereocenters. The standard InChI is InChI=1S/C4H3ClN2.C4H9NO/c5-4-1-2-6-3-7-4;1-3-6-4-2-5-1/h1-3H;5H,1-4H2. The molecule has 5 heteroatoms. The van der Waals surface area contributed by atoms with E-state index in [0.717, 1.165) is 26.3 Å². The Morgan fingerprint density at radius 1 is 1.38 bits per heavy atom. The molecule has 0 spiro atoms. The van der Waals surface area contributed by atoms with Crippen molar-refractivity contribution in [3.63, 3.8) is 0 Å². The van der Waals surface area contributed by atoms with E-state index in [4.69, 9.17) is 16.3 Å². The van der Waals surface area contributed by atoms with Crippen molar-refractivity contribution in [1.29, 1.82) is 0 Å². The van der Waals surface area contributed by atoms with Crippen LogP contribution in [0.3, 0.4) is 0 Å². The number of halogens is 1. The normalized spacial score (nSPS) is 15.8. The van der Waals surface area contributed by atoms with E-state index in [2.05, 4.69) is 15.3 Å². The van der Waals surface area contributed by atoms with Gasteiger partial charge in [-0.25, -0.2) is 9.97 Å². The lowest BCUT2D eigenvalue weighted by Gasteiger charge is -2.10. The van der Waals surface area contributed by atoms with Gasteiger partial charge in [0.2, 0.25) is 0 Å². The molecule has 1 aromatic rings. The molecular weight excluding hydrogens is 190 g/mol. The first-order valence-electron chi connectivity index (χ1n) is 4.09. The Morgan fingerprint density at radius 2 is 2.15 bits per heavy atom. The predicted octanol–water partition coefficient (Wildman–Crippen LogP) is 0.736. The zero-order valence-corrected chi connectivity index (χ0v) is 8.00. The van der Waals surface area contributed by atoms with Crippen molar-refractivity contribution in [2.24, 2.45) is 0 Å². The van der Waals surface area contributed by atoms with E-state index in [9.17, 15) is 0 Å². The van der Waals surface area contributed by atoms with Crippen molar-refractivity contribution in [3.8, 4) is 0 Å². The Kier molecular flexibility index (Phi) is 5.40. The summed E-state index contributed by atoms with van der Waals surface area (Å²) >= 11 is 5.39. The number of nitrogens with zero attached hydrogens (tertiary/aromatic N) is 2. The van der Waals surface area contributed by atoms with E-state index in [1.54, 1.807) is 12.3 Å². The molecule has 1 aliphatic rings. The first-order valence-corrected chi connectivity index (χ1v) is 4.47. The average molecular weight is 202 g/mol. The van der Waals surface area contributed by atoms with Crippen molar-refractivity contribution in [1.82, 2.24) is 15.3 Å². The van der Waals surface area contributed by atoms with E-state index in [1.807, 2.05) is 0 Å². The van der Waals surface area contributed by atoms with E-state index in [1.165, 1.54) is 6.33 Å². The predicted molar refractivity (Wildman–Crippen MR) is 50.7 cm³/mol. The molecular formula is C8H12ClN3O. The van der Waals surface area contributed by atoms with Crippen LogP contribution in [0.2, 0.25) is 5.15 Å². The molecule has 0 aromatic carbocycles. The van der Waals surface area contributed by atoms with Crippen molar-refractivity contribution in [2.75, 3.05) is 26.3 Å². The minimum Gasteiger partial charge on any atom is -0.379 e. The third-order valence-electron chi connectivity index (χ3n) is 1.39. The molecule has 1 aromatic heterocycles. The topological polar surface area (TPSA) is 47.0 Å². The molecule has 1 N–H and O–H groups in total. The number of hydrogen-bond donors (Lipinski definition) is 1. The highest BCUT2D eigenvalue weighted by Gasteiger charge is 1.92. The quantitative estimate of drug-likeness (QED) is 0.629. The van der Waals surface area contributed by atoms with E-state index in [0.29, 0.717) is 5.15 Å². The van der Waals surface area contributed by atoms with Gasteiger partial charge in [0, 0.05) is 19.3 Å².